The zero-order valence-corrected chi connectivity index (χ0v) is 16.4. The molecule has 2 aliphatic heterocycles. The van der Waals surface area contributed by atoms with Gasteiger partial charge in [0.25, 0.3) is 0 Å². The van der Waals surface area contributed by atoms with Crippen LogP contribution in [0.2, 0.25) is 0 Å². The van der Waals surface area contributed by atoms with Crippen LogP contribution in [0.15, 0.2) is 0 Å². The van der Waals surface area contributed by atoms with Gasteiger partial charge in [-0.15, -0.1) is 12.4 Å². The molecule has 2 saturated heterocycles. The van der Waals surface area contributed by atoms with Crippen LogP contribution in [-0.2, 0) is 14.6 Å². The Morgan fingerprint density at radius 2 is 1.61 bits per heavy atom. The third-order valence-corrected chi connectivity index (χ3v) is 7.52. The molecule has 0 spiro atoms. The van der Waals surface area contributed by atoms with E-state index in [1.165, 1.54) is 6.26 Å². The molecular formula is C16H31ClN2O3S. The van der Waals surface area contributed by atoms with Crippen LogP contribution >= 0.6 is 12.4 Å². The van der Waals surface area contributed by atoms with Crippen molar-refractivity contribution in [2.24, 2.45) is 11.3 Å². The number of rotatable bonds is 2. The summed E-state index contributed by atoms with van der Waals surface area (Å²) in [5.74, 6) is 0.433. The molecule has 23 heavy (non-hydrogen) atoms. The minimum Gasteiger partial charge on any atom is -0.341 e. The first-order valence-electron chi connectivity index (χ1n) is 8.28. The quantitative estimate of drug-likeness (QED) is 0.810. The van der Waals surface area contributed by atoms with Crippen molar-refractivity contribution in [1.29, 1.82) is 0 Å². The van der Waals surface area contributed by atoms with Gasteiger partial charge in [0.15, 0.2) is 14.6 Å². The van der Waals surface area contributed by atoms with Crippen LogP contribution in [0.5, 0.6) is 0 Å². The third kappa shape index (κ3) is 4.20. The molecule has 0 saturated carbocycles. The van der Waals surface area contributed by atoms with Gasteiger partial charge >= 0.3 is 0 Å². The van der Waals surface area contributed by atoms with Crippen LogP contribution in [0.3, 0.4) is 0 Å². The maximum Gasteiger partial charge on any atom is 0.244 e. The number of halogens is 1. The van der Waals surface area contributed by atoms with E-state index >= 15 is 0 Å². The van der Waals surface area contributed by atoms with Gasteiger partial charge in [0.05, 0.1) is 0 Å². The van der Waals surface area contributed by atoms with Gasteiger partial charge in [-0.2, -0.15) is 0 Å². The minimum atomic E-state index is -3.41. The first-order valence-corrected chi connectivity index (χ1v) is 10.2. The van der Waals surface area contributed by atoms with Crippen LogP contribution in [0.4, 0.5) is 0 Å². The predicted octanol–water partition coefficient (Wildman–Crippen LogP) is 1.86. The van der Waals surface area contributed by atoms with Crippen LogP contribution < -0.4 is 5.32 Å². The summed E-state index contributed by atoms with van der Waals surface area (Å²) in [7, 11) is -3.41. The van der Waals surface area contributed by atoms with E-state index in [2.05, 4.69) is 26.1 Å². The number of hydrogen-bond acceptors (Lipinski definition) is 4. The lowest BCUT2D eigenvalue weighted by molar-refractivity contribution is -0.136. The molecular weight excluding hydrogens is 336 g/mol. The van der Waals surface area contributed by atoms with Crippen LogP contribution in [0.1, 0.15) is 46.5 Å². The Labute approximate surface area is 146 Å². The molecule has 1 N–H and O–H groups in total. The number of piperidine rings is 2. The predicted molar refractivity (Wildman–Crippen MR) is 95.7 cm³/mol. The van der Waals surface area contributed by atoms with E-state index in [-0.39, 0.29) is 23.7 Å². The molecule has 0 aromatic rings. The summed E-state index contributed by atoms with van der Waals surface area (Å²) >= 11 is 0. The Balaban J connectivity index is 0.00000264. The van der Waals surface area contributed by atoms with E-state index in [4.69, 9.17) is 0 Å². The smallest absolute Gasteiger partial charge is 0.244 e. The molecule has 7 heteroatoms. The second-order valence-corrected chi connectivity index (χ2v) is 10.3. The van der Waals surface area contributed by atoms with Gasteiger partial charge in [0.1, 0.15) is 0 Å². The zero-order chi connectivity index (χ0) is 16.6. The molecule has 2 heterocycles. The third-order valence-electron chi connectivity index (χ3n) is 5.52. The van der Waals surface area contributed by atoms with Crippen molar-refractivity contribution in [2.75, 3.05) is 32.4 Å². The molecule has 2 rings (SSSR count). The normalized spacial score (nSPS) is 23.2. The maximum atomic E-state index is 13.0. The van der Waals surface area contributed by atoms with Crippen molar-refractivity contribution in [3.63, 3.8) is 0 Å². The standard InChI is InChI=1S/C16H30N2O3S.ClH/c1-15(2,3)13-5-11-18(12-6-13)14(19)16(22(4,20)21)7-9-17-10-8-16;/h13,17H,5-12H2,1-4H3;1H. The van der Waals surface area contributed by atoms with Crippen molar-refractivity contribution in [2.45, 2.75) is 51.2 Å². The fourth-order valence-electron chi connectivity index (χ4n) is 3.81. The highest BCUT2D eigenvalue weighted by Crippen LogP contribution is 2.36. The molecule has 0 radical (unpaired) electrons. The van der Waals surface area contributed by atoms with Crippen LogP contribution in [-0.4, -0.2) is 56.4 Å². The van der Waals surface area contributed by atoms with E-state index in [1.807, 2.05) is 0 Å². The number of nitrogens with one attached hydrogen (secondary N) is 1. The highest BCUT2D eigenvalue weighted by Gasteiger charge is 2.51. The average molecular weight is 367 g/mol. The molecule has 0 aromatic heterocycles. The Kier molecular flexibility index (Phi) is 6.55. The number of hydrogen-bond donors (Lipinski definition) is 1. The fraction of sp³-hybridized carbons (Fsp3) is 0.938. The lowest BCUT2D eigenvalue weighted by Gasteiger charge is -2.43. The number of carbonyl (C=O) groups excluding carboxylic acids is 1. The lowest BCUT2D eigenvalue weighted by Crippen LogP contribution is -2.59. The summed E-state index contributed by atoms with van der Waals surface area (Å²) in [6.07, 6.45) is 3.94. The summed E-state index contributed by atoms with van der Waals surface area (Å²) in [5.41, 5.74) is 0.248. The SMILES string of the molecule is CC(C)(C)C1CCN(C(=O)C2(S(C)(=O)=O)CCNCC2)CC1.Cl. The van der Waals surface area contributed by atoms with E-state index < -0.39 is 14.6 Å². The second kappa shape index (κ2) is 7.28. The molecule has 2 aliphatic rings. The van der Waals surface area contributed by atoms with Crippen molar-refractivity contribution in [3.05, 3.63) is 0 Å². The second-order valence-electron chi connectivity index (χ2n) is 7.95. The van der Waals surface area contributed by atoms with Gasteiger partial charge < -0.3 is 10.2 Å². The Hall–Kier alpha value is -0.330. The highest BCUT2D eigenvalue weighted by atomic mass is 35.5. The van der Waals surface area contributed by atoms with Gasteiger partial charge in [-0.1, -0.05) is 20.8 Å². The van der Waals surface area contributed by atoms with Gasteiger partial charge in [-0.05, 0) is 50.1 Å². The average Bonchev–Trinajstić information content (AvgIpc) is 2.45. The number of likely N-dealkylation sites (tertiary alicyclic amines) is 1. The van der Waals surface area contributed by atoms with E-state index in [1.54, 1.807) is 4.90 Å². The molecule has 0 atom stereocenters. The lowest BCUT2D eigenvalue weighted by atomic mass is 9.75. The molecule has 1 amide bonds. The van der Waals surface area contributed by atoms with Crippen LogP contribution in [0.25, 0.3) is 0 Å². The van der Waals surface area contributed by atoms with Crippen LogP contribution in [0, 0.1) is 11.3 Å². The monoisotopic (exact) mass is 366 g/mol. The largest absolute Gasteiger partial charge is 0.341 e. The highest BCUT2D eigenvalue weighted by molar-refractivity contribution is 7.92. The fourth-order valence-corrected chi connectivity index (χ4v) is 5.20. The summed E-state index contributed by atoms with van der Waals surface area (Å²) in [5, 5.41) is 3.16. The molecule has 0 unspecified atom stereocenters. The van der Waals surface area contributed by atoms with Gasteiger partial charge in [-0.25, -0.2) is 8.42 Å². The Morgan fingerprint density at radius 3 is 2.00 bits per heavy atom. The van der Waals surface area contributed by atoms with Crippen molar-refractivity contribution >= 4 is 28.2 Å². The number of sulfone groups is 1. The summed E-state index contributed by atoms with van der Waals surface area (Å²) < 4.78 is 23.5. The molecule has 5 nitrogen and oxygen atoms in total. The zero-order valence-electron chi connectivity index (χ0n) is 14.7. The topological polar surface area (TPSA) is 66.5 Å². The first-order chi connectivity index (χ1) is 10.1. The summed E-state index contributed by atoms with van der Waals surface area (Å²) in [6.45, 7) is 9.27. The summed E-state index contributed by atoms with van der Waals surface area (Å²) in [4.78, 5) is 14.8. The van der Waals surface area contributed by atoms with E-state index in [9.17, 15) is 13.2 Å². The molecule has 0 aromatic carbocycles. The Bertz CT molecular complexity index is 514. The van der Waals surface area contributed by atoms with Gasteiger partial charge in [0, 0.05) is 19.3 Å². The molecule has 0 bridgehead atoms. The molecule has 136 valence electrons. The van der Waals surface area contributed by atoms with Gasteiger partial charge in [-0.3, -0.25) is 4.79 Å². The maximum absolute atomic E-state index is 13.0. The van der Waals surface area contributed by atoms with E-state index in [0.717, 1.165) is 12.8 Å². The van der Waals surface area contributed by atoms with E-state index in [0.29, 0.717) is 44.9 Å². The summed E-state index contributed by atoms with van der Waals surface area (Å²) in [6, 6.07) is 0. The number of amides is 1. The number of nitrogens with zero attached hydrogens (tertiary/aromatic N) is 1. The number of carbonyl (C=O) groups is 1. The first kappa shape index (κ1) is 20.7. The van der Waals surface area contributed by atoms with Crippen molar-refractivity contribution in [1.82, 2.24) is 10.2 Å². The molecule has 0 aliphatic carbocycles. The Morgan fingerprint density at radius 1 is 1.13 bits per heavy atom. The molecule has 2 fully saturated rings. The van der Waals surface area contributed by atoms with Crippen molar-refractivity contribution in [3.8, 4) is 0 Å². The van der Waals surface area contributed by atoms with Crippen molar-refractivity contribution < 1.29 is 13.2 Å². The minimum absolute atomic E-state index is 0. The van der Waals surface area contributed by atoms with Gasteiger partial charge in [0.2, 0.25) is 5.91 Å².